The van der Waals surface area contributed by atoms with Crippen LogP contribution in [0.1, 0.15) is 84.8 Å². The van der Waals surface area contributed by atoms with Gasteiger partial charge in [0.05, 0.1) is 16.6 Å². The second kappa shape index (κ2) is 16.0. The molecule has 1 unspecified atom stereocenters. The van der Waals surface area contributed by atoms with Crippen LogP contribution in [0.2, 0.25) is 0 Å². The summed E-state index contributed by atoms with van der Waals surface area (Å²) in [6.45, 7) is 16.8. The zero-order chi connectivity index (χ0) is 31.4. The van der Waals surface area contributed by atoms with Crippen molar-refractivity contribution in [2.45, 2.75) is 72.3 Å². The van der Waals surface area contributed by atoms with Gasteiger partial charge in [0.1, 0.15) is 5.94 Å². The lowest BCUT2D eigenvalue weighted by Gasteiger charge is -2.16. The lowest BCUT2D eigenvalue weighted by molar-refractivity contribution is 0.0948. The Balaban J connectivity index is 1.76. The number of aliphatic imine (C=N–C) groups is 1. The van der Waals surface area contributed by atoms with E-state index in [0.29, 0.717) is 11.3 Å². The van der Waals surface area contributed by atoms with Crippen LogP contribution in [0.5, 0.6) is 0 Å². The highest BCUT2D eigenvalue weighted by Crippen LogP contribution is 2.29. The van der Waals surface area contributed by atoms with Crippen LogP contribution in [0.15, 0.2) is 102 Å². The van der Waals surface area contributed by atoms with Gasteiger partial charge in [0.25, 0.3) is 5.91 Å². The second-order valence-electron chi connectivity index (χ2n) is 11.8. The van der Waals surface area contributed by atoms with Gasteiger partial charge in [-0.05, 0) is 70.6 Å². The quantitative estimate of drug-likeness (QED) is 0.122. The number of carbonyl (C=O) groups excluding carboxylic acids is 2. The molecule has 1 heterocycles. The SMILES string of the molecule is C=CC(/C=C/c1ccc(CC)cc1)=C\N=C(\c1ccc(C[C@@H](C=C=O)NC(=O)c2ccc(C(C)(C)C)s2)cc1)C(C)CC. The normalized spacial score (nSPS) is 13.8. The van der Waals surface area contributed by atoms with Crippen molar-refractivity contribution in [1.29, 1.82) is 0 Å². The minimum absolute atomic E-state index is 0.0225. The van der Waals surface area contributed by atoms with Gasteiger partial charge in [-0.3, -0.25) is 9.79 Å². The first kappa shape index (κ1) is 33.5. The molecule has 0 radical (unpaired) electrons. The van der Waals surface area contributed by atoms with Crippen molar-refractivity contribution in [3.05, 3.63) is 129 Å². The summed E-state index contributed by atoms with van der Waals surface area (Å²) in [5, 5.41) is 2.99. The van der Waals surface area contributed by atoms with E-state index in [0.717, 1.165) is 45.7 Å². The molecule has 0 bridgehead atoms. The Hall–Kier alpha value is -4.05. The summed E-state index contributed by atoms with van der Waals surface area (Å²) in [6, 6.07) is 20.1. The van der Waals surface area contributed by atoms with Crippen LogP contribution >= 0.6 is 11.3 Å². The summed E-state index contributed by atoms with van der Waals surface area (Å²) in [4.78, 5) is 30.9. The van der Waals surface area contributed by atoms with Crippen LogP contribution in [-0.4, -0.2) is 23.6 Å². The Kier molecular flexibility index (Phi) is 12.4. The Bertz CT molecular complexity index is 1510. The molecule has 3 aromatic rings. The number of benzene rings is 2. The van der Waals surface area contributed by atoms with E-state index in [9.17, 15) is 9.59 Å². The standard InChI is InChI=1S/C38H44N2O2S/c1-8-27(4)36(39-26-29(10-3)13-16-30-14-11-28(9-2)12-15-30)32-19-17-31(18-20-32)25-33(23-24-41)40-37(42)34-21-22-35(43-34)38(5,6)7/h10-23,26-27,33H,3,8-9,25H2,1-2,4-7H3,(H,40,42)/b16-13+,29-26+,39-36+/t27?,33-/m1/s1. The number of rotatable bonds is 13. The molecule has 1 amide bonds. The predicted molar refractivity (Wildman–Crippen MR) is 184 cm³/mol. The Morgan fingerprint density at radius 2 is 1.70 bits per heavy atom. The molecule has 0 saturated heterocycles. The van der Waals surface area contributed by atoms with Crippen molar-refractivity contribution >= 4 is 35.0 Å². The van der Waals surface area contributed by atoms with Crippen LogP contribution in [0.4, 0.5) is 0 Å². The van der Waals surface area contributed by atoms with E-state index in [1.807, 2.05) is 48.6 Å². The lowest BCUT2D eigenvalue weighted by atomic mass is 9.94. The van der Waals surface area contributed by atoms with Gasteiger partial charge in [0.2, 0.25) is 0 Å². The van der Waals surface area contributed by atoms with Crippen LogP contribution in [0.25, 0.3) is 6.08 Å². The molecule has 2 atom stereocenters. The van der Waals surface area contributed by atoms with Crippen molar-refractivity contribution in [2.75, 3.05) is 0 Å². The minimum atomic E-state index is -0.457. The molecule has 3 rings (SSSR count). The second-order valence-corrected chi connectivity index (χ2v) is 12.8. The molecule has 4 nitrogen and oxygen atoms in total. The van der Waals surface area contributed by atoms with Crippen molar-refractivity contribution < 1.29 is 9.59 Å². The Morgan fingerprint density at radius 3 is 2.26 bits per heavy atom. The van der Waals surface area contributed by atoms with Gasteiger partial charge in [-0.15, -0.1) is 11.3 Å². The van der Waals surface area contributed by atoms with Crippen molar-refractivity contribution in [3.63, 3.8) is 0 Å². The first-order valence-corrected chi connectivity index (χ1v) is 15.8. The van der Waals surface area contributed by atoms with Crippen molar-refractivity contribution in [2.24, 2.45) is 10.9 Å². The molecule has 0 fully saturated rings. The lowest BCUT2D eigenvalue weighted by Crippen LogP contribution is -2.34. The highest BCUT2D eigenvalue weighted by Gasteiger charge is 2.20. The highest BCUT2D eigenvalue weighted by atomic mass is 32.1. The summed E-state index contributed by atoms with van der Waals surface area (Å²) < 4.78 is 0. The van der Waals surface area contributed by atoms with Gasteiger partial charge in [0.15, 0.2) is 0 Å². The molecule has 0 aliphatic rings. The Morgan fingerprint density at radius 1 is 1.02 bits per heavy atom. The molecule has 5 heteroatoms. The highest BCUT2D eigenvalue weighted by molar-refractivity contribution is 7.14. The molecule has 0 aliphatic carbocycles. The monoisotopic (exact) mass is 592 g/mol. The van der Waals surface area contributed by atoms with Crippen LogP contribution in [0, 0.1) is 5.92 Å². The first-order valence-electron chi connectivity index (χ1n) is 15.0. The minimum Gasteiger partial charge on any atom is -0.344 e. The molecule has 1 aromatic heterocycles. The van der Waals surface area contributed by atoms with Gasteiger partial charge < -0.3 is 5.32 Å². The fraction of sp³-hybridized carbons (Fsp3) is 0.316. The number of allylic oxidation sites excluding steroid dienone is 3. The zero-order valence-corrected chi connectivity index (χ0v) is 27.1. The van der Waals surface area contributed by atoms with Crippen molar-refractivity contribution in [3.8, 4) is 0 Å². The molecular formula is C38H44N2O2S. The van der Waals surface area contributed by atoms with E-state index < -0.39 is 6.04 Å². The number of carbonyl (C=O) groups is 1. The first-order chi connectivity index (χ1) is 20.6. The summed E-state index contributed by atoms with van der Waals surface area (Å²) >= 11 is 1.48. The molecule has 0 aliphatic heterocycles. The van der Waals surface area contributed by atoms with E-state index in [-0.39, 0.29) is 17.2 Å². The number of amides is 1. The topological polar surface area (TPSA) is 58.5 Å². The van der Waals surface area contributed by atoms with Crippen LogP contribution in [0.3, 0.4) is 0 Å². The third-order valence-corrected chi connectivity index (χ3v) is 8.89. The van der Waals surface area contributed by atoms with Crippen LogP contribution < -0.4 is 5.32 Å². The number of nitrogens with one attached hydrogen (secondary N) is 1. The van der Waals surface area contributed by atoms with E-state index >= 15 is 0 Å². The van der Waals surface area contributed by atoms with E-state index in [1.165, 1.54) is 23.0 Å². The third-order valence-electron chi connectivity index (χ3n) is 7.38. The predicted octanol–water partition coefficient (Wildman–Crippen LogP) is 8.96. The molecule has 2 aromatic carbocycles. The van der Waals surface area contributed by atoms with Crippen LogP contribution in [-0.2, 0) is 23.1 Å². The number of hydrogen-bond donors (Lipinski definition) is 1. The number of aryl methyl sites for hydroxylation is 1. The summed E-state index contributed by atoms with van der Waals surface area (Å²) in [5.41, 5.74) is 6.40. The van der Waals surface area contributed by atoms with Gasteiger partial charge in [-0.1, -0.05) is 115 Å². The molecule has 1 N–H and O–H groups in total. The Labute approximate surface area is 261 Å². The summed E-state index contributed by atoms with van der Waals surface area (Å²) in [5.74, 6) is 1.93. The summed E-state index contributed by atoms with van der Waals surface area (Å²) in [7, 11) is 0. The average Bonchev–Trinajstić information content (AvgIpc) is 3.51. The summed E-state index contributed by atoms with van der Waals surface area (Å²) in [6.07, 6.45) is 11.6. The molecular weight excluding hydrogens is 548 g/mol. The molecule has 0 saturated carbocycles. The third kappa shape index (κ3) is 10.0. The maximum atomic E-state index is 12.9. The largest absolute Gasteiger partial charge is 0.344 e. The van der Waals surface area contributed by atoms with Gasteiger partial charge in [0, 0.05) is 17.2 Å². The fourth-order valence-corrected chi connectivity index (χ4v) is 5.41. The zero-order valence-electron chi connectivity index (χ0n) is 26.3. The van der Waals surface area contributed by atoms with Gasteiger partial charge >= 0.3 is 0 Å². The number of thiophene rings is 1. The number of nitrogens with zero attached hydrogens (tertiary/aromatic N) is 1. The molecule has 0 spiro atoms. The van der Waals surface area contributed by atoms with Crippen molar-refractivity contribution in [1.82, 2.24) is 5.32 Å². The fourth-order valence-electron chi connectivity index (χ4n) is 4.45. The number of hydrogen-bond acceptors (Lipinski definition) is 4. The maximum absolute atomic E-state index is 12.9. The van der Waals surface area contributed by atoms with E-state index in [4.69, 9.17) is 4.99 Å². The van der Waals surface area contributed by atoms with Gasteiger partial charge in [-0.2, -0.15) is 0 Å². The maximum Gasteiger partial charge on any atom is 0.261 e. The van der Waals surface area contributed by atoms with E-state index in [1.54, 1.807) is 0 Å². The average molecular weight is 593 g/mol. The van der Waals surface area contributed by atoms with E-state index in [2.05, 4.69) is 95.9 Å². The smallest absolute Gasteiger partial charge is 0.261 e. The molecule has 224 valence electrons. The van der Waals surface area contributed by atoms with Gasteiger partial charge in [-0.25, -0.2) is 4.79 Å². The molecule has 43 heavy (non-hydrogen) atoms.